The predicted octanol–water partition coefficient (Wildman–Crippen LogP) is 4.60. The number of carbonyl (C=O) groups excluding carboxylic acids is 1. The van der Waals surface area contributed by atoms with Crippen molar-refractivity contribution in [1.29, 1.82) is 0 Å². The van der Waals surface area contributed by atoms with Crippen molar-refractivity contribution in [2.24, 2.45) is 0 Å². The minimum absolute atomic E-state index is 0.110. The summed E-state index contributed by atoms with van der Waals surface area (Å²) in [4.78, 5) is 19.1. The van der Waals surface area contributed by atoms with Crippen LogP contribution in [-0.4, -0.2) is 72.7 Å². The van der Waals surface area contributed by atoms with Crippen LogP contribution in [0.25, 0.3) is 0 Å². The SMILES string of the molecule is O=C1OC(CN2CCN(C(c3ccccc3)c3ccccc3)CC2)CN1CCc1ccc(F)cc1. The second-order valence-electron chi connectivity index (χ2n) is 9.39. The van der Waals surface area contributed by atoms with E-state index in [1.54, 1.807) is 17.0 Å². The quantitative estimate of drug-likeness (QED) is 0.479. The van der Waals surface area contributed by atoms with E-state index in [2.05, 4.69) is 70.5 Å². The molecule has 2 aliphatic rings. The molecule has 0 aliphatic carbocycles. The van der Waals surface area contributed by atoms with Crippen molar-refractivity contribution < 1.29 is 13.9 Å². The molecule has 6 heteroatoms. The van der Waals surface area contributed by atoms with Crippen molar-refractivity contribution in [2.75, 3.05) is 45.8 Å². The molecule has 5 nitrogen and oxygen atoms in total. The number of nitrogens with zero attached hydrogens (tertiary/aromatic N) is 3. The van der Waals surface area contributed by atoms with Crippen molar-refractivity contribution in [1.82, 2.24) is 14.7 Å². The maximum Gasteiger partial charge on any atom is 0.410 e. The summed E-state index contributed by atoms with van der Waals surface area (Å²) in [5.41, 5.74) is 3.65. The van der Waals surface area contributed by atoms with E-state index in [0.29, 0.717) is 19.5 Å². The van der Waals surface area contributed by atoms with E-state index in [-0.39, 0.29) is 24.1 Å². The molecule has 1 amide bonds. The van der Waals surface area contributed by atoms with Gasteiger partial charge in [0.25, 0.3) is 0 Å². The van der Waals surface area contributed by atoms with E-state index in [0.717, 1.165) is 38.3 Å². The number of amides is 1. The van der Waals surface area contributed by atoms with E-state index < -0.39 is 0 Å². The maximum atomic E-state index is 13.1. The zero-order valence-electron chi connectivity index (χ0n) is 19.9. The lowest BCUT2D eigenvalue weighted by atomic mass is 9.96. The van der Waals surface area contributed by atoms with E-state index in [9.17, 15) is 9.18 Å². The Morgan fingerprint density at radius 1 is 0.829 bits per heavy atom. The number of piperazine rings is 1. The van der Waals surface area contributed by atoms with Crippen LogP contribution in [0.1, 0.15) is 22.7 Å². The smallest absolute Gasteiger partial charge is 0.410 e. The summed E-state index contributed by atoms with van der Waals surface area (Å²) in [6.07, 6.45) is 0.339. The summed E-state index contributed by atoms with van der Waals surface area (Å²) in [6.45, 7) is 5.77. The van der Waals surface area contributed by atoms with Crippen LogP contribution < -0.4 is 0 Å². The molecular weight excluding hydrogens is 441 g/mol. The number of hydrogen-bond donors (Lipinski definition) is 0. The van der Waals surface area contributed by atoms with Crippen molar-refractivity contribution in [3.8, 4) is 0 Å². The zero-order valence-corrected chi connectivity index (χ0v) is 19.9. The van der Waals surface area contributed by atoms with Crippen molar-refractivity contribution in [3.05, 3.63) is 107 Å². The molecule has 2 fully saturated rings. The van der Waals surface area contributed by atoms with Gasteiger partial charge in [-0.1, -0.05) is 72.8 Å². The van der Waals surface area contributed by atoms with Gasteiger partial charge in [-0.05, 0) is 35.2 Å². The summed E-state index contributed by atoms with van der Waals surface area (Å²) >= 11 is 0. The van der Waals surface area contributed by atoms with E-state index in [1.807, 2.05) is 0 Å². The Morgan fingerprint density at radius 2 is 1.43 bits per heavy atom. The van der Waals surface area contributed by atoms with Gasteiger partial charge in [0.05, 0.1) is 12.6 Å². The lowest BCUT2D eigenvalue weighted by Crippen LogP contribution is -2.50. The highest BCUT2D eigenvalue weighted by Gasteiger charge is 2.33. The van der Waals surface area contributed by atoms with Gasteiger partial charge in [0.15, 0.2) is 0 Å². The topological polar surface area (TPSA) is 36.0 Å². The summed E-state index contributed by atoms with van der Waals surface area (Å²) in [5.74, 6) is -0.242. The molecule has 182 valence electrons. The molecule has 2 aliphatic heterocycles. The van der Waals surface area contributed by atoms with E-state index in [1.165, 1.54) is 23.3 Å². The van der Waals surface area contributed by atoms with Crippen LogP contribution in [0.5, 0.6) is 0 Å². The standard InChI is InChI=1S/C29H32FN3O2/c30-26-13-11-23(12-14-26)15-16-33-22-27(35-29(33)34)21-31-17-19-32(20-18-31)28(24-7-3-1-4-8-24)25-9-5-2-6-10-25/h1-14,27-28H,15-22H2. The monoisotopic (exact) mass is 473 g/mol. The van der Waals surface area contributed by atoms with E-state index >= 15 is 0 Å². The molecule has 0 aromatic heterocycles. The lowest BCUT2D eigenvalue weighted by molar-refractivity contribution is 0.0670. The minimum Gasteiger partial charge on any atom is -0.443 e. The molecule has 35 heavy (non-hydrogen) atoms. The molecule has 1 unspecified atom stereocenters. The zero-order chi connectivity index (χ0) is 24.0. The first-order valence-corrected chi connectivity index (χ1v) is 12.4. The number of halogens is 1. The molecule has 0 radical (unpaired) electrons. The van der Waals surface area contributed by atoms with Crippen LogP contribution in [0.15, 0.2) is 84.9 Å². The second-order valence-corrected chi connectivity index (χ2v) is 9.39. The molecule has 2 saturated heterocycles. The summed E-state index contributed by atoms with van der Waals surface area (Å²) < 4.78 is 18.8. The highest BCUT2D eigenvalue weighted by Crippen LogP contribution is 2.29. The molecular formula is C29H32FN3O2. The maximum absolute atomic E-state index is 13.1. The Morgan fingerprint density at radius 3 is 2.03 bits per heavy atom. The van der Waals surface area contributed by atoms with Gasteiger partial charge in [0.1, 0.15) is 11.9 Å². The van der Waals surface area contributed by atoms with Crippen LogP contribution >= 0.6 is 0 Å². The molecule has 1 atom stereocenters. The molecule has 0 spiro atoms. The van der Waals surface area contributed by atoms with Crippen LogP contribution in [-0.2, 0) is 11.2 Å². The van der Waals surface area contributed by atoms with E-state index in [4.69, 9.17) is 4.74 Å². The third-order valence-corrected chi connectivity index (χ3v) is 7.00. The molecule has 0 saturated carbocycles. The Hall–Kier alpha value is -3.22. The number of cyclic esters (lactones) is 1. The van der Waals surface area contributed by atoms with Gasteiger partial charge in [-0.2, -0.15) is 0 Å². The van der Waals surface area contributed by atoms with Gasteiger partial charge >= 0.3 is 6.09 Å². The lowest BCUT2D eigenvalue weighted by Gasteiger charge is -2.40. The number of hydrogen-bond acceptors (Lipinski definition) is 4. The predicted molar refractivity (Wildman–Crippen MR) is 135 cm³/mol. The van der Waals surface area contributed by atoms with Crippen molar-refractivity contribution in [2.45, 2.75) is 18.6 Å². The first kappa shape index (κ1) is 23.5. The van der Waals surface area contributed by atoms with Crippen LogP contribution in [0.3, 0.4) is 0 Å². The average molecular weight is 474 g/mol. The van der Waals surface area contributed by atoms with Crippen molar-refractivity contribution in [3.63, 3.8) is 0 Å². The largest absolute Gasteiger partial charge is 0.443 e. The van der Waals surface area contributed by atoms with Gasteiger partial charge in [0, 0.05) is 39.3 Å². The molecule has 3 aromatic rings. The number of carbonyl (C=O) groups is 1. The van der Waals surface area contributed by atoms with Gasteiger partial charge in [-0.15, -0.1) is 0 Å². The summed E-state index contributed by atoms with van der Waals surface area (Å²) in [7, 11) is 0. The van der Waals surface area contributed by atoms with Gasteiger partial charge in [0.2, 0.25) is 0 Å². The number of rotatable bonds is 8. The van der Waals surface area contributed by atoms with Crippen molar-refractivity contribution >= 4 is 6.09 Å². The number of benzene rings is 3. The Kier molecular flexibility index (Phi) is 7.40. The second kappa shape index (κ2) is 11.0. The fraction of sp³-hybridized carbons (Fsp3) is 0.345. The fourth-order valence-corrected chi connectivity index (χ4v) is 5.14. The van der Waals surface area contributed by atoms with Gasteiger partial charge in [-0.25, -0.2) is 9.18 Å². The highest BCUT2D eigenvalue weighted by molar-refractivity contribution is 5.69. The first-order chi connectivity index (χ1) is 17.2. The molecule has 0 N–H and O–H groups in total. The molecule has 5 rings (SSSR count). The molecule has 2 heterocycles. The molecule has 0 bridgehead atoms. The fourth-order valence-electron chi connectivity index (χ4n) is 5.14. The van der Waals surface area contributed by atoms with Gasteiger partial charge < -0.3 is 9.64 Å². The summed E-state index contributed by atoms with van der Waals surface area (Å²) in [5, 5.41) is 0. The minimum atomic E-state index is -0.246. The Balaban J connectivity index is 1.14. The third-order valence-electron chi connectivity index (χ3n) is 7.00. The number of ether oxygens (including phenoxy) is 1. The third kappa shape index (κ3) is 5.89. The van der Waals surface area contributed by atoms with Crippen LogP contribution in [0.2, 0.25) is 0 Å². The van der Waals surface area contributed by atoms with Crippen LogP contribution in [0.4, 0.5) is 9.18 Å². The highest BCUT2D eigenvalue weighted by atomic mass is 19.1. The Labute approximate surface area is 206 Å². The normalized spacial score (nSPS) is 19.3. The van der Waals surface area contributed by atoms with Crippen LogP contribution in [0, 0.1) is 5.82 Å². The Bertz CT molecular complexity index is 1050. The molecule has 3 aromatic carbocycles. The average Bonchev–Trinajstić information content (AvgIpc) is 3.25. The summed E-state index contributed by atoms with van der Waals surface area (Å²) in [6, 6.07) is 28.1. The first-order valence-electron chi connectivity index (χ1n) is 12.4. The van der Waals surface area contributed by atoms with Gasteiger partial charge in [-0.3, -0.25) is 9.80 Å².